The van der Waals surface area contributed by atoms with E-state index in [0.717, 1.165) is 82.8 Å². The van der Waals surface area contributed by atoms with E-state index in [1.807, 2.05) is 169 Å². The first kappa shape index (κ1) is 54.2. The van der Waals surface area contributed by atoms with Gasteiger partial charge in [0.15, 0.2) is 0 Å². The summed E-state index contributed by atoms with van der Waals surface area (Å²) in [5.41, 5.74) is 8.58. The van der Waals surface area contributed by atoms with E-state index in [1.165, 1.54) is 0 Å². The fourth-order valence-electron chi connectivity index (χ4n) is 9.95. The fraction of sp³-hybridized carbons (Fsp3) is 0.273. The molecule has 0 aliphatic heterocycles. The number of H-pyrrole nitrogens is 3. The van der Waals surface area contributed by atoms with Gasteiger partial charge >= 0.3 is 0 Å². The standard InChI is InChI=1S/3C22H22N2O/c3*1-4-16-12-18-10-11-19(13-20(18)24-21(16)25)22(3,14-23)15(2)17-8-6-5-7-9-17/h3*5-13,15H,4H2,1-3H3,(H,24,25)/t15-,22+;15-,22-;/m01./s1. The molecule has 0 saturated heterocycles. The van der Waals surface area contributed by atoms with Crippen LogP contribution in [0.2, 0.25) is 0 Å². The highest BCUT2D eigenvalue weighted by molar-refractivity contribution is 5.82. The Morgan fingerprint density at radius 3 is 0.840 bits per heavy atom. The van der Waals surface area contributed by atoms with Gasteiger partial charge in [0.1, 0.15) is 0 Å². The number of fused-ring (bicyclic) bond motifs is 3. The fourth-order valence-corrected chi connectivity index (χ4v) is 9.95. The zero-order valence-electron chi connectivity index (χ0n) is 44.5. The Kier molecular flexibility index (Phi) is 16.7. The molecule has 0 fully saturated rings. The first-order valence-corrected chi connectivity index (χ1v) is 25.9. The number of nitriles is 3. The number of nitrogens with zero attached hydrogens (tertiary/aromatic N) is 3. The van der Waals surface area contributed by atoms with E-state index in [2.05, 4.69) is 90.3 Å². The van der Waals surface area contributed by atoms with Gasteiger partial charge < -0.3 is 15.0 Å². The lowest BCUT2D eigenvalue weighted by molar-refractivity contribution is 0.505. The van der Waals surface area contributed by atoms with Crippen molar-refractivity contribution in [2.24, 2.45) is 0 Å². The Bertz CT molecular complexity index is 3390. The Labute approximate surface area is 440 Å². The zero-order valence-corrected chi connectivity index (χ0v) is 44.5. The van der Waals surface area contributed by atoms with Crippen LogP contribution in [0.3, 0.4) is 0 Å². The molecule has 0 spiro atoms. The van der Waals surface area contributed by atoms with Crippen LogP contribution in [0.1, 0.15) is 130 Å². The van der Waals surface area contributed by atoms with Gasteiger partial charge in [0.25, 0.3) is 16.7 Å². The van der Waals surface area contributed by atoms with Crippen LogP contribution in [0.15, 0.2) is 178 Å². The average molecular weight is 991 g/mol. The van der Waals surface area contributed by atoms with Crippen LogP contribution in [0.5, 0.6) is 0 Å². The van der Waals surface area contributed by atoms with E-state index < -0.39 is 16.2 Å². The highest BCUT2D eigenvalue weighted by Gasteiger charge is 2.37. The molecule has 2 unspecified atom stereocenters. The molecule has 378 valence electrons. The summed E-state index contributed by atoms with van der Waals surface area (Å²) in [7, 11) is 0. The van der Waals surface area contributed by atoms with Crippen molar-refractivity contribution >= 4 is 32.7 Å². The summed E-state index contributed by atoms with van der Waals surface area (Å²) < 4.78 is 0. The highest BCUT2D eigenvalue weighted by atomic mass is 16.1. The molecule has 9 heteroatoms. The molecule has 0 aliphatic carbocycles. The molecule has 0 saturated carbocycles. The van der Waals surface area contributed by atoms with E-state index in [1.54, 1.807) is 0 Å². The molecule has 0 radical (unpaired) electrons. The normalized spacial score (nSPS) is 14.6. The van der Waals surface area contributed by atoms with E-state index in [0.29, 0.717) is 19.3 Å². The Morgan fingerprint density at radius 1 is 0.387 bits per heavy atom. The molecule has 75 heavy (non-hydrogen) atoms. The SMILES string of the molecule is CCc1cc2ccc(C(C)(C#N)C(C)c3ccccc3)cc2[nH]c1=O.CCc1cc2ccc([C@](C)(C#N)[C@@H](C)c3ccccc3)cc2[nH]c1=O.CCc1cc2ccc([C@](C)(C#N)[C@H](C)c3ccccc3)cc2[nH]c1=O. The maximum Gasteiger partial charge on any atom is 0.251 e. The van der Waals surface area contributed by atoms with Gasteiger partial charge in [-0.1, -0.05) is 169 Å². The van der Waals surface area contributed by atoms with Crippen molar-refractivity contribution in [1.29, 1.82) is 15.8 Å². The number of aryl methyl sites for hydroxylation is 3. The van der Waals surface area contributed by atoms with Gasteiger partial charge in [-0.25, -0.2) is 0 Å². The largest absolute Gasteiger partial charge is 0.322 e. The molecule has 0 bridgehead atoms. The molecular weight excluding hydrogens is 925 g/mol. The van der Waals surface area contributed by atoms with Crippen LogP contribution in [0.25, 0.3) is 32.7 Å². The summed E-state index contributed by atoms with van der Waals surface area (Å²) >= 11 is 0. The Balaban J connectivity index is 0.000000164. The maximum atomic E-state index is 12.1. The molecule has 9 rings (SSSR count). The number of aromatic amines is 3. The minimum atomic E-state index is -0.685. The number of aromatic nitrogens is 3. The monoisotopic (exact) mass is 991 g/mol. The summed E-state index contributed by atoms with van der Waals surface area (Å²) in [5, 5.41) is 32.9. The molecule has 6 atom stereocenters. The van der Waals surface area contributed by atoms with Crippen LogP contribution in [-0.4, -0.2) is 15.0 Å². The summed E-state index contributed by atoms with van der Waals surface area (Å²) in [6.45, 7) is 18.0. The predicted octanol–water partition coefficient (Wildman–Crippen LogP) is 14.0. The minimum Gasteiger partial charge on any atom is -0.322 e. The van der Waals surface area contributed by atoms with E-state index >= 15 is 0 Å². The summed E-state index contributed by atoms with van der Waals surface area (Å²) in [6, 6.07) is 61.3. The first-order chi connectivity index (χ1) is 36.0. The predicted molar refractivity (Wildman–Crippen MR) is 305 cm³/mol. The molecule has 9 aromatic rings. The lowest BCUT2D eigenvalue weighted by Crippen LogP contribution is -2.27. The Morgan fingerprint density at radius 2 is 0.627 bits per heavy atom. The van der Waals surface area contributed by atoms with Crippen LogP contribution < -0.4 is 16.7 Å². The van der Waals surface area contributed by atoms with Gasteiger partial charge in [-0.15, -0.1) is 0 Å². The van der Waals surface area contributed by atoms with Crippen molar-refractivity contribution in [3.63, 3.8) is 0 Å². The zero-order chi connectivity index (χ0) is 54.1. The molecule has 3 heterocycles. The van der Waals surface area contributed by atoms with E-state index in [4.69, 9.17) is 0 Å². The van der Waals surface area contributed by atoms with Crippen molar-refractivity contribution < 1.29 is 0 Å². The second-order valence-corrected chi connectivity index (χ2v) is 20.2. The Hall–Kier alpha value is -8.58. The third-order valence-corrected chi connectivity index (χ3v) is 15.9. The smallest absolute Gasteiger partial charge is 0.251 e. The second-order valence-electron chi connectivity index (χ2n) is 20.2. The van der Waals surface area contributed by atoms with E-state index in [-0.39, 0.29) is 34.4 Å². The molecule has 3 N–H and O–H groups in total. The van der Waals surface area contributed by atoms with Gasteiger partial charge in [-0.05, 0) is 126 Å². The third kappa shape index (κ3) is 11.2. The van der Waals surface area contributed by atoms with Crippen LogP contribution in [-0.2, 0) is 35.5 Å². The number of rotatable bonds is 12. The number of benzene rings is 6. The molecule has 0 aliphatic rings. The molecule has 9 nitrogen and oxygen atoms in total. The first-order valence-electron chi connectivity index (χ1n) is 25.9. The molecular formula is C66H66N6O3. The van der Waals surface area contributed by atoms with Crippen LogP contribution in [0.4, 0.5) is 0 Å². The average Bonchev–Trinajstić information content (AvgIpc) is 3.46. The molecule has 6 aromatic carbocycles. The molecule has 3 aromatic heterocycles. The van der Waals surface area contributed by atoms with Crippen LogP contribution in [0, 0.1) is 34.0 Å². The summed E-state index contributed by atoms with van der Waals surface area (Å²) in [5.74, 6) is 0.0772. The number of hydrogen-bond acceptors (Lipinski definition) is 6. The van der Waals surface area contributed by atoms with Gasteiger partial charge in [0.05, 0.1) is 34.5 Å². The highest BCUT2D eigenvalue weighted by Crippen LogP contribution is 2.42. The van der Waals surface area contributed by atoms with Crippen LogP contribution >= 0.6 is 0 Å². The van der Waals surface area contributed by atoms with Gasteiger partial charge in [-0.3, -0.25) is 14.4 Å². The summed E-state index contributed by atoms with van der Waals surface area (Å²) in [4.78, 5) is 45.3. The maximum absolute atomic E-state index is 12.1. The van der Waals surface area contributed by atoms with Gasteiger partial charge in [0, 0.05) is 51.0 Å². The molecule has 0 amide bonds. The summed E-state index contributed by atoms with van der Waals surface area (Å²) in [6.07, 6.45) is 2.11. The number of nitrogens with one attached hydrogen (secondary N) is 3. The van der Waals surface area contributed by atoms with Crippen molar-refractivity contribution in [2.75, 3.05) is 0 Å². The minimum absolute atomic E-state index is 0.0257. The van der Waals surface area contributed by atoms with Crippen molar-refractivity contribution in [2.45, 2.75) is 116 Å². The third-order valence-electron chi connectivity index (χ3n) is 15.9. The van der Waals surface area contributed by atoms with Gasteiger partial charge in [-0.2, -0.15) is 15.8 Å². The van der Waals surface area contributed by atoms with Crippen molar-refractivity contribution in [1.82, 2.24) is 15.0 Å². The van der Waals surface area contributed by atoms with Gasteiger partial charge in [0.2, 0.25) is 0 Å². The second kappa shape index (κ2) is 23.1. The number of hydrogen-bond donors (Lipinski definition) is 3. The lowest BCUT2D eigenvalue weighted by atomic mass is 9.71. The lowest BCUT2D eigenvalue weighted by Gasteiger charge is -2.30. The van der Waals surface area contributed by atoms with E-state index in [9.17, 15) is 30.2 Å². The topological polar surface area (TPSA) is 170 Å². The van der Waals surface area contributed by atoms with Crippen molar-refractivity contribution in [3.8, 4) is 18.2 Å². The number of pyridine rings is 3. The van der Waals surface area contributed by atoms with Crippen molar-refractivity contribution in [3.05, 3.63) is 245 Å². The quantitative estimate of drug-likeness (QED) is 0.110.